The lowest BCUT2D eigenvalue weighted by Crippen LogP contribution is -1.95. The number of benzene rings is 1. The Kier molecular flexibility index (Phi) is 2.22. The number of hydrogen-bond donors (Lipinski definition) is 0. The molecule has 0 bridgehead atoms. The minimum Gasteiger partial charge on any atom is -0.0653 e. The summed E-state index contributed by atoms with van der Waals surface area (Å²) in [6.07, 6.45) is 4.89. The van der Waals surface area contributed by atoms with Gasteiger partial charge in [-0.2, -0.15) is 0 Å². The fraction of sp³-hybridized carbons (Fsp3) is 0.385. The van der Waals surface area contributed by atoms with Crippen molar-refractivity contribution in [2.75, 3.05) is 0 Å². The summed E-state index contributed by atoms with van der Waals surface area (Å²) in [7, 11) is 0. The fourth-order valence-corrected chi connectivity index (χ4v) is 2.22. The highest BCUT2D eigenvalue weighted by Crippen LogP contribution is 2.38. The summed E-state index contributed by atoms with van der Waals surface area (Å²) in [5, 5.41) is 0. The van der Waals surface area contributed by atoms with Gasteiger partial charge in [0.25, 0.3) is 0 Å². The van der Waals surface area contributed by atoms with Gasteiger partial charge in [-0.15, -0.1) is 0 Å². The summed E-state index contributed by atoms with van der Waals surface area (Å²) in [4.78, 5) is 0. The monoisotopic (exact) mass is 172 g/mol. The second-order valence-corrected chi connectivity index (χ2v) is 3.86. The van der Waals surface area contributed by atoms with E-state index in [9.17, 15) is 0 Å². The summed E-state index contributed by atoms with van der Waals surface area (Å²) in [5.41, 5.74) is 4.49. The van der Waals surface area contributed by atoms with Crippen LogP contribution in [0.5, 0.6) is 0 Å². The average molecular weight is 172 g/mol. The van der Waals surface area contributed by atoms with E-state index in [1.165, 1.54) is 29.5 Å². The molecule has 2 rings (SSSR count). The highest BCUT2D eigenvalue weighted by molar-refractivity contribution is 5.65. The van der Waals surface area contributed by atoms with E-state index in [0.29, 0.717) is 5.92 Å². The molecule has 13 heavy (non-hydrogen) atoms. The Bertz CT molecular complexity index is 334. The SMILES string of the molecule is CCCC1C(C)=Cc2ccccc21. The van der Waals surface area contributed by atoms with E-state index < -0.39 is 0 Å². The van der Waals surface area contributed by atoms with Crippen molar-refractivity contribution in [2.24, 2.45) is 0 Å². The quantitative estimate of drug-likeness (QED) is 0.632. The molecule has 1 aliphatic rings. The second-order valence-electron chi connectivity index (χ2n) is 3.86. The summed E-state index contributed by atoms with van der Waals surface area (Å²) in [5.74, 6) is 0.696. The third-order valence-electron chi connectivity index (χ3n) is 2.88. The Morgan fingerprint density at radius 1 is 1.23 bits per heavy atom. The Labute approximate surface area is 80.3 Å². The van der Waals surface area contributed by atoms with Crippen LogP contribution in [-0.4, -0.2) is 0 Å². The Morgan fingerprint density at radius 2 is 2.00 bits per heavy atom. The molecular weight excluding hydrogens is 156 g/mol. The first-order valence-electron chi connectivity index (χ1n) is 5.10. The van der Waals surface area contributed by atoms with E-state index in [1.807, 2.05) is 0 Å². The molecule has 1 atom stereocenters. The van der Waals surface area contributed by atoms with Crippen LogP contribution < -0.4 is 0 Å². The number of rotatable bonds is 2. The van der Waals surface area contributed by atoms with E-state index in [1.54, 1.807) is 0 Å². The zero-order valence-electron chi connectivity index (χ0n) is 8.38. The lowest BCUT2D eigenvalue weighted by Gasteiger charge is -2.12. The molecule has 1 aromatic carbocycles. The smallest absolute Gasteiger partial charge is 0.00545 e. The van der Waals surface area contributed by atoms with Gasteiger partial charge in [0.05, 0.1) is 0 Å². The van der Waals surface area contributed by atoms with E-state index in [-0.39, 0.29) is 0 Å². The molecule has 1 aliphatic carbocycles. The maximum Gasteiger partial charge on any atom is 0.00545 e. The molecule has 0 heteroatoms. The summed E-state index contributed by atoms with van der Waals surface area (Å²) < 4.78 is 0. The van der Waals surface area contributed by atoms with Crippen molar-refractivity contribution in [3.05, 3.63) is 41.0 Å². The molecule has 0 aliphatic heterocycles. The number of allylic oxidation sites excluding steroid dienone is 1. The van der Waals surface area contributed by atoms with Crippen molar-refractivity contribution in [3.8, 4) is 0 Å². The van der Waals surface area contributed by atoms with E-state index >= 15 is 0 Å². The van der Waals surface area contributed by atoms with Crippen LogP contribution in [0.4, 0.5) is 0 Å². The maximum atomic E-state index is 2.33. The standard InChI is InChI=1S/C13H16/c1-3-6-12-10(2)9-11-7-4-5-8-13(11)12/h4-5,7-9,12H,3,6H2,1-2H3. The first kappa shape index (κ1) is 8.55. The lowest BCUT2D eigenvalue weighted by atomic mass is 9.92. The van der Waals surface area contributed by atoms with E-state index in [0.717, 1.165) is 0 Å². The highest BCUT2D eigenvalue weighted by Gasteiger charge is 2.20. The molecule has 0 fully saturated rings. The van der Waals surface area contributed by atoms with Crippen molar-refractivity contribution in [2.45, 2.75) is 32.6 Å². The Balaban J connectivity index is 2.37. The van der Waals surface area contributed by atoms with Crippen LogP contribution in [0.1, 0.15) is 43.7 Å². The van der Waals surface area contributed by atoms with Gasteiger partial charge in [-0.1, -0.05) is 49.3 Å². The first-order valence-corrected chi connectivity index (χ1v) is 5.10. The number of hydrogen-bond acceptors (Lipinski definition) is 0. The predicted molar refractivity (Wildman–Crippen MR) is 57.7 cm³/mol. The average Bonchev–Trinajstić information content (AvgIpc) is 2.44. The maximum absolute atomic E-state index is 2.33. The molecule has 1 aromatic rings. The molecule has 0 spiro atoms. The molecule has 0 amide bonds. The van der Waals surface area contributed by atoms with Gasteiger partial charge >= 0.3 is 0 Å². The van der Waals surface area contributed by atoms with Gasteiger partial charge in [0, 0.05) is 5.92 Å². The molecule has 0 aromatic heterocycles. The van der Waals surface area contributed by atoms with Crippen LogP contribution in [0.3, 0.4) is 0 Å². The molecule has 1 unspecified atom stereocenters. The minimum atomic E-state index is 0.696. The summed E-state index contributed by atoms with van der Waals surface area (Å²) in [6.45, 7) is 4.51. The second kappa shape index (κ2) is 3.37. The van der Waals surface area contributed by atoms with Gasteiger partial charge in [-0.25, -0.2) is 0 Å². The van der Waals surface area contributed by atoms with Gasteiger partial charge in [-0.3, -0.25) is 0 Å². The third kappa shape index (κ3) is 1.41. The lowest BCUT2D eigenvalue weighted by molar-refractivity contribution is 0.698. The van der Waals surface area contributed by atoms with Crippen LogP contribution >= 0.6 is 0 Å². The molecule has 0 radical (unpaired) electrons. The van der Waals surface area contributed by atoms with Crippen LogP contribution in [0.25, 0.3) is 6.08 Å². The molecule has 0 saturated carbocycles. The van der Waals surface area contributed by atoms with Crippen LogP contribution in [0, 0.1) is 0 Å². The van der Waals surface area contributed by atoms with Gasteiger partial charge < -0.3 is 0 Å². The summed E-state index contributed by atoms with van der Waals surface area (Å²) in [6, 6.07) is 8.75. The van der Waals surface area contributed by atoms with Gasteiger partial charge in [0.2, 0.25) is 0 Å². The Morgan fingerprint density at radius 3 is 2.77 bits per heavy atom. The Hall–Kier alpha value is -1.04. The van der Waals surface area contributed by atoms with Crippen LogP contribution in [0.2, 0.25) is 0 Å². The van der Waals surface area contributed by atoms with Gasteiger partial charge in [-0.05, 0) is 24.5 Å². The largest absolute Gasteiger partial charge is 0.0653 e. The van der Waals surface area contributed by atoms with Gasteiger partial charge in [0.1, 0.15) is 0 Å². The van der Waals surface area contributed by atoms with E-state index in [4.69, 9.17) is 0 Å². The van der Waals surface area contributed by atoms with Gasteiger partial charge in [0.15, 0.2) is 0 Å². The molecule has 0 N–H and O–H groups in total. The normalized spacial score (nSPS) is 19.8. The van der Waals surface area contributed by atoms with Crippen LogP contribution in [0.15, 0.2) is 29.8 Å². The predicted octanol–water partition coefficient (Wildman–Crippen LogP) is 3.99. The van der Waals surface area contributed by atoms with Crippen molar-refractivity contribution in [1.29, 1.82) is 0 Å². The number of fused-ring (bicyclic) bond motifs is 1. The zero-order valence-corrected chi connectivity index (χ0v) is 8.38. The third-order valence-corrected chi connectivity index (χ3v) is 2.88. The van der Waals surface area contributed by atoms with E-state index in [2.05, 4.69) is 44.2 Å². The topological polar surface area (TPSA) is 0 Å². The molecule has 0 saturated heterocycles. The molecule has 0 heterocycles. The first-order chi connectivity index (χ1) is 6.33. The minimum absolute atomic E-state index is 0.696. The fourth-order valence-electron chi connectivity index (χ4n) is 2.22. The highest BCUT2D eigenvalue weighted by atomic mass is 14.2. The van der Waals surface area contributed by atoms with Crippen molar-refractivity contribution in [3.63, 3.8) is 0 Å². The van der Waals surface area contributed by atoms with Crippen molar-refractivity contribution in [1.82, 2.24) is 0 Å². The molecule has 0 nitrogen and oxygen atoms in total. The van der Waals surface area contributed by atoms with Crippen LogP contribution in [-0.2, 0) is 0 Å². The summed E-state index contributed by atoms with van der Waals surface area (Å²) >= 11 is 0. The molecular formula is C13H16. The van der Waals surface area contributed by atoms with Crippen molar-refractivity contribution < 1.29 is 0 Å². The zero-order chi connectivity index (χ0) is 9.26. The van der Waals surface area contributed by atoms with Crippen molar-refractivity contribution >= 4 is 6.08 Å². The molecule has 68 valence electrons.